The number of carbonyl (C=O) groups is 1. The third-order valence-electron chi connectivity index (χ3n) is 6.54. The third kappa shape index (κ3) is 4.68. The normalized spacial score (nSPS) is 15.6. The molecule has 6 nitrogen and oxygen atoms in total. The molecule has 0 saturated carbocycles. The maximum Gasteiger partial charge on any atom is 0.338 e. The summed E-state index contributed by atoms with van der Waals surface area (Å²) in [7, 11) is 0. The fourth-order valence-electron chi connectivity index (χ4n) is 4.87. The topological polar surface area (TPSA) is 65.6 Å². The summed E-state index contributed by atoms with van der Waals surface area (Å²) in [5, 5.41) is 0.571. The Morgan fingerprint density at radius 1 is 1.08 bits per heavy atom. The standard InChI is InChI=1S/C30H28ClN3O3S/c1-17(2)37-29(36)26-19(4)32-30-34(27(26)21-11-13-23(31)14-12-21)28(35)25(38-30)16-22-15-18(3)33(20(22)5)24-9-7-6-8-10-24/h6-17,27H,1-5H3/b25-16-/t27-/m1/s1. The Balaban J connectivity index is 1.69. The Kier molecular flexibility index (Phi) is 6.99. The van der Waals surface area contributed by atoms with Gasteiger partial charge in [-0.2, -0.15) is 0 Å². The highest BCUT2D eigenvalue weighted by molar-refractivity contribution is 7.07. The number of thiazole rings is 1. The summed E-state index contributed by atoms with van der Waals surface area (Å²) in [5.74, 6) is -0.484. The number of fused-ring (bicyclic) bond motifs is 1. The van der Waals surface area contributed by atoms with Crippen molar-refractivity contribution in [2.75, 3.05) is 0 Å². The van der Waals surface area contributed by atoms with Gasteiger partial charge in [0.05, 0.1) is 27.9 Å². The zero-order valence-corrected chi connectivity index (χ0v) is 23.4. The van der Waals surface area contributed by atoms with Crippen molar-refractivity contribution in [2.24, 2.45) is 4.99 Å². The SMILES string of the molecule is CC1=C(C(=O)OC(C)C)[C@@H](c2ccc(Cl)cc2)n2c(s/c(=C\c3cc(C)n(-c4ccccc4)c3C)c2=O)=N1. The fourth-order valence-corrected chi connectivity index (χ4v) is 6.03. The highest BCUT2D eigenvalue weighted by atomic mass is 35.5. The molecule has 0 N–H and O–H groups in total. The molecule has 5 rings (SSSR count). The lowest BCUT2D eigenvalue weighted by molar-refractivity contribution is -0.143. The average Bonchev–Trinajstić information content (AvgIpc) is 3.33. The lowest BCUT2D eigenvalue weighted by Gasteiger charge is -2.25. The number of aromatic nitrogens is 2. The first kappa shape index (κ1) is 25.9. The van der Waals surface area contributed by atoms with Crippen molar-refractivity contribution < 1.29 is 9.53 Å². The molecule has 4 aromatic rings. The molecular weight excluding hydrogens is 518 g/mol. The van der Waals surface area contributed by atoms with Crippen molar-refractivity contribution in [2.45, 2.75) is 46.8 Å². The molecular formula is C30H28ClN3O3S. The number of allylic oxidation sites excluding steroid dienone is 1. The number of nitrogens with zero attached hydrogens (tertiary/aromatic N) is 3. The predicted octanol–water partition coefficient (Wildman–Crippen LogP) is 5.25. The monoisotopic (exact) mass is 545 g/mol. The van der Waals surface area contributed by atoms with E-state index in [-0.39, 0.29) is 11.7 Å². The quantitative estimate of drug-likeness (QED) is 0.322. The molecule has 1 aliphatic rings. The van der Waals surface area contributed by atoms with E-state index >= 15 is 0 Å². The van der Waals surface area contributed by atoms with E-state index in [4.69, 9.17) is 16.3 Å². The van der Waals surface area contributed by atoms with Crippen LogP contribution in [0.2, 0.25) is 5.02 Å². The van der Waals surface area contributed by atoms with Crippen LogP contribution in [0.3, 0.4) is 0 Å². The van der Waals surface area contributed by atoms with Crippen LogP contribution in [0.4, 0.5) is 0 Å². The summed E-state index contributed by atoms with van der Waals surface area (Å²) < 4.78 is 9.87. The minimum absolute atomic E-state index is 0.208. The number of carbonyl (C=O) groups excluding carboxylic acids is 1. The second-order valence-corrected chi connectivity index (χ2v) is 11.0. The zero-order valence-electron chi connectivity index (χ0n) is 21.9. The van der Waals surface area contributed by atoms with Gasteiger partial charge in [-0.25, -0.2) is 9.79 Å². The van der Waals surface area contributed by atoms with E-state index in [1.807, 2.05) is 43.3 Å². The van der Waals surface area contributed by atoms with Crippen molar-refractivity contribution in [3.05, 3.63) is 119 Å². The third-order valence-corrected chi connectivity index (χ3v) is 7.78. The van der Waals surface area contributed by atoms with Gasteiger partial charge in [0.15, 0.2) is 4.80 Å². The fraction of sp³-hybridized carbons (Fsp3) is 0.233. The smallest absolute Gasteiger partial charge is 0.338 e. The average molecular weight is 546 g/mol. The summed E-state index contributed by atoms with van der Waals surface area (Å²) in [4.78, 5) is 32.3. The molecule has 0 aliphatic carbocycles. The number of ether oxygens (including phenoxy) is 1. The lowest BCUT2D eigenvalue weighted by Crippen LogP contribution is -2.40. The first-order chi connectivity index (χ1) is 18.2. The van der Waals surface area contributed by atoms with E-state index in [0.717, 1.165) is 28.2 Å². The molecule has 0 fully saturated rings. The maximum atomic E-state index is 13.9. The van der Waals surface area contributed by atoms with Crippen molar-refractivity contribution in [1.29, 1.82) is 0 Å². The molecule has 0 spiro atoms. The number of para-hydroxylation sites is 1. The van der Waals surface area contributed by atoms with E-state index in [1.54, 1.807) is 37.5 Å². The van der Waals surface area contributed by atoms with Gasteiger partial charge in [-0.05, 0) is 82.2 Å². The Hall–Kier alpha value is -3.68. The Morgan fingerprint density at radius 3 is 2.42 bits per heavy atom. The lowest BCUT2D eigenvalue weighted by atomic mass is 9.96. The second kappa shape index (κ2) is 10.2. The van der Waals surface area contributed by atoms with Crippen LogP contribution in [0.15, 0.2) is 81.7 Å². The van der Waals surface area contributed by atoms with Crippen LogP contribution in [-0.2, 0) is 9.53 Å². The number of aryl methyl sites for hydroxylation is 1. The summed E-state index contributed by atoms with van der Waals surface area (Å²) in [6, 6.07) is 18.7. The van der Waals surface area contributed by atoms with E-state index in [1.165, 1.54) is 11.3 Å². The van der Waals surface area contributed by atoms with Gasteiger partial charge < -0.3 is 9.30 Å². The van der Waals surface area contributed by atoms with Crippen LogP contribution in [0.25, 0.3) is 11.8 Å². The van der Waals surface area contributed by atoms with Crippen LogP contribution in [0, 0.1) is 13.8 Å². The molecule has 2 aromatic heterocycles. The summed E-state index contributed by atoms with van der Waals surface area (Å²) in [6.07, 6.45) is 1.61. The number of hydrogen-bond acceptors (Lipinski definition) is 5. The van der Waals surface area contributed by atoms with Gasteiger partial charge in [0.2, 0.25) is 0 Å². The molecule has 2 aromatic carbocycles. The van der Waals surface area contributed by atoms with Gasteiger partial charge in [-0.1, -0.05) is 53.3 Å². The summed E-state index contributed by atoms with van der Waals surface area (Å²) in [6.45, 7) is 9.47. The van der Waals surface area contributed by atoms with Gasteiger partial charge in [0.25, 0.3) is 5.56 Å². The number of esters is 1. The van der Waals surface area contributed by atoms with Crippen LogP contribution >= 0.6 is 22.9 Å². The van der Waals surface area contributed by atoms with Gasteiger partial charge in [0, 0.05) is 22.1 Å². The minimum Gasteiger partial charge on any atom is -0.459 e. The Labute approximate surface area is 229 Å². The van der Waals surface area contributed by atoms with Crippen LogP contribution in [0.1, 0.15) is 49.3 Å². The van der Waals surface area contributed by atoms with E-state index < -0.39 is 12.0 Å². The van der Waals surface area contributed by atoms with Crippen LogP contribution < -0.4 is 14.9 Å². The number of benzene rings is 2. The molecule has 38 heavy (non-hydrogen) atoms. The maximum absolute atomic E-state index is 13.9. The van der Waals surface area contributed by atoms with E-state index in [0.29, 0.717) is 25.6 Å². The molecule has 0 amide bonds. The Morgan fingerprint density at radius 2 is 1.76 bits per heavy atom. The molecule has 1 atom stereocenters. The molecule has 194 valence electrons. The molecule has 0 saturated heterocycles. The molecule has 0 unspecified atom stereocenters. The number of hydrogen-bond donors (Lipinski definition) is 0. The molecule has 0 bridgehead atoms. The van der Waals surface area contributed by atoms with Gasteiger partial charge in [-0.3, -0.25) is 9.36 Å². The van der Waals surface area contributed by atoms with Crippen molar-refractivity contribution in [3.63, 3.8) is 0 Å². The molecule has 0 radical (unpaired) electrons. The largest absolute Gasteiger partial charge is 0.459 e. The van der Waals surface area contributed by atoms with Crippen molar-refractivity contribution in [1.82, 2.24) is 9.13 Å². The highest BCUT2D eigenvalue weighted by Gasteiger charge is 2.33. The Bertz CT molecular complexity index is 1740. The molecule has 3 heterocycles. The first-order valence-electron chi connectivity index (χ1n) is 12.4. The van der Waals surface area contributed by atoms with Crippen molar-refractivity contribution in [3.8, 4) is 5.69 Å². The van der Waals surface area contributed by atoms with E-state index in [2.05, 4.69) is 34.7 Å². The number of rotatable bonds is 5. The predicted molar refractivity (Wildman–Crippen MR) is 152 cm³/mol. The highest BCUT2D eigenvalue weighted by Crippen LogP contribution is 2.31. The second-order valence-electron chi connectivity index (χ2n) is 9.58. The first-order valence-corrected chi connectivity index (χ1v) is 13.6. The zero-order chi connectivity index (χ0) is 27.1. The molecule has 8 heteroatoms. The summed E-state index contributed by atoms with van der Waals surface area (Å²) in [5.41, 5.74) is 5.56. The minimum atomic E-state index is -0.673. The van der Waals surface area contributed by atoms with E-state index in [9.17, 15) is 9.59 Å². The summed E-state index contributed by atoms with van der Waals surface area (Å²) >= 11 is 7.47. The van der Waals surface area contributed by atoms with Gasteiger partial charge in [-0.15, -0.1) is 0 Å². The van der Waals surface area contributed by atoms with Crippen LogP contribution in [0.5, 0.6) is 0 Å². The van der Waals surface area contributed by atoms with Crippen LogP contribution in [-0.4, -0.2) is 21.2 Å². The number of halogens is 1. The van der Waals surface area contributed by atoms with Crippen molar-refractivity contribution >= 4 is 35.0 Å². The molecule has 1 aliphatic heterocycles. The van der Waals surface area contributed by atoms with Gasteiger partial charge in [0.1, 0.15) is 0 Å². The van der Waals surface area contributed by atoms with Gasteiger partial charge >= 0.3 is 5.97 Å².